The maximum absolute atomic E-state index is 11.4. The third-order valence-corrected chi connectivity index (χ3v) is 4.07. The fraction of sp³-hybridized carbons (Fsp3) is 0.917. The van der Waals surface area contributed by atoms with Crippen molar-refractivity contribution in [1.82, 2.24) is 4.90 Å². The Morgan fingerprint density at radius 2 is 2.14 bits per heavy atom. The molecule has 0 aromatic rings. The van der Waals surface area contributed by atoms with Crippen molar-refractivity contribution in [2.75, 3.05) is 13.1 Å². The number of ketones is 1. The summed E-state index contributed by atoms with van der Waals surface area (Å²) in [4.78, 5) is 14.0. The minimum atomic E-state index is -0.148. The Balaban J connectivity index is 1.95. The Hall–Kier alpha value is -0.370. The summed E-state index contributed by atoms with van der Waals surface area (Å²) < 4.78 is 0. The number of piperidine rings is 1. The highest BCUT2D eigenvalue weighted by molar-refractivity contribution is 5.81. The van der Waals surface area contributed by atoms with Gasteiger partial charge in [-0.25, -0.2) is 0 Å². The molecule has 2 nitrogen and oxygen atoms in total. The summed E-state index contributed by atoms with van der Waals surface area (Å²) in [7, 11) is 0. The van der Waals surface area contributed by atoms with E-state index in [1.165, 1.54) is 25.8 Å². The van der Waals surface area contributed by atoms with Crippen LogP contribution in [0.5, 0.6) is 0 Å². The molecule has 2 rings (SSSR count). The van der Waals surface area contributed by atoms with Gasteiger partial charge in [-0.1, -0.05) is 13.8 Å². The Morgan fingerprint density at radius 1 is 1.43 bits per heavy atom. The van der Waals surface area contributed by atoms with Crippen molar-refractivity contribution < 1.29 is 4.79 Å². The second kappa shape index (κ2) is 3.34. The van der Waals surface area contributed by atoms with Crippen molar-refractivity contribution >= 4 is 5.78 Å². The number of Topliss-reactive ketones (excluding diaryl/α,β-unsaturated/α-hetero) is 1. The smallest absolute Gasteiger partial charge is 0.136 e. The topological polar surface area (TPSA) is 20.3 Å². The van der Waals surface area contributed by atoms with E-state index in [1.54, 1.807) is 6.92 Å². The van der Waals surface area contributed by atoms with Crippen LogP contribution in [-0.4, -0.2) is 29.8 Å². The Bertz CT molecular complexity index is 247. The lowest BCUT2D eigenvalue weighted by molar-refractivity contribution is -0.126. The molecule has 0 spiro atoms. The number of hydrogen-bond donors (Lipinski definition) is 0. The molecular formula is C12H21NO. The fourth-order valence-electron chi connectivity index (χ4n) is 2.84. The second-order valence-electron chi connectivity index (χ2n) is 5.70. The van der Waals surface area contributed by atoms with Crippen LogP contribution in [0, 0.1) is 11.3 Å². The molecule has 0 aromatic heterocycles. The zero-order valence-corrected chi connectivity index (χ0v) is 9.55. The van der Waals surface area contributed by atoms with Gasteiger partial charge in [-0.3, -0.25) is 9.69 Å². The SMILES string of the molecule is CC(=O)C(C)(C)CN1CC2CCC1C2. The number of carbonyl (C=O) groups is 1. The highest BCUT2D eigenvalue weighted by atomic mass is 16.1. The highest BCUT2D eigenvalue weighted by Gasteiger charge is 2.40. The van der Waals surface area contributed by atoms with E-state index >= 15 is 0 Å². The van der Waals surface area contributed by atoms with Crippen molar-refractivity contribution in [3.8, 4) is 0 Å². The standard InChI is InChI=1S/C12H21NO/c1-9(14)12(2,3)8-13-7-10-4-5-11(13)6-10/h10-11H,4-8H2,1-3H3. The quantitative estimate of drug-likeness (QED) is 0.687. The van der Waals surface area contributed by atoms with Crippen LogP contribution >= 0.6 is 0 Å². The van der Waals surface area contributed by atoms with Gasteiger partial charge < -0.3 is 0 Å². The van der Waals surface area contributed by atoms with E-state index in [4.69, 9.17) is 0 Å². The summed E-state index contributed by atoms with van der Waals surface area (Å²) in [5, 5.41) is 0. The van der Waals surface area contributed by atoms with Gasteiger partial charge in [0.2, 0.25) is 0 Å². The Morgan fingerprint density at radius 3 is 2.57 bits per heavy atom. The van der Waals surface area contributed by atoms with Crippen LogP contribution in [-0.2, 0) is 4.79 Å². The van der Waals surface area contributed by atoms with Gasteiger partial charge in [-0.2, -0.15) is 0 Å². The van der Waals surface area contributed by atoms with Gasteiger partial charge in [0.25, 0.3) is 0 Å². The minimum absolute atomic E-state index is 0.148. The Kier molecular flexibility index (Phi) is 2.42. The molecule has 2 fully saturated rings. The largest absolute Gasteiger partial charge is 0.299 e. The van der Waals surface area contributed by atoms with E-state index < -0.39 is 0 Å². The van der Waals surface area contributed by atoms with Crippen LogP contribution in [0.1, 0.15) is 40.0 Å². The number of fused-ring (bicyclic) bond motifs is 2. The second-order valence-corrected chi connectivity index (χ2v) is 5.70. The van der Waals surface area contributed by atoms with Gasteiger partial charge in [-0.15, -0.1) is 0 Å². The monoisotopic (exact) mass is 195 g/mol. The van der Waals surface area contributed by atoms with E-state index in [-0.39, 0.29) is 5.41 Å². The normalized spacial score (nSPS) is 32.5. The van der Waals surface area contributed by atoms with E-state index in [9.17, 15) is 4.79 Å². The first-order chi connectivity index (χ1) is 6.49. The lowest BCUT2D eigenvalue weighted by atomic mass is 9.88. The first kappa shape index (κ1) is 10.2. The first-order valence-electron chi connectivity index (χ1n) is 5.74. The van der Waals surface area contributed by atoms with Gasteiger partial charge in [0.1, 0.15) is 5.78 Å². The van der Waals surface area contributed by atoms with Crippen molar-refractivity contribution in [2.45, 2.75) is 46.1 Å². The molecule has 1 heterocycles. The zero-order valence-electron chi connectivity index (χ0n) is 9.55. The van der Waals surface area contributed by atoms with Crippen LogP contribution in [0.25, 0.3) is 0 Å². The zero-order chi connectivity index (χ0) is 10.3. The molecule has 0 radical (unpaired) electrons. The van der Waals surface area contributed by atoms with Crippen molar-refractivity contribution in [2.24, 2.45) is 11.3 Å². The van der Waals surface area contributed by atoms with Gasteiger partial charge >= 0.3 is 0 Å². The summed E-state index contributed by atoms with van der Waals surface area (Å²) in [6.07, 6.45) is 4.16. The predicted octanol–water partition coefficient (Wildman–Crippen LogP) is 2.09. The molecule has 0 amide bonds. The van der Waals surface area contributed by atoms with Gasteiger partial charge in [0.15, 0.2) is 0 Å². The predicted molar refractivity (Wildman–Crippen MR) is 57.2 cm³/mol. The van der Waals surface area contributed by atoms with E-state index in [0.717, 1.165) is 18.5 Å². The maximum atomic E-state index is 11.4. The molecule has 0 N–H and O–H groups in total. The van der Waals surface area contributed by atoms with Crippen LogP contribution in [0.4, 0.5) is 0 Å². The average molecular weight is 195 g/mol. The third kappa shape index (κ3) is 1.72. The number of nitrogens with zero attached hydrogens (tertiary/aromatic N) is 1. The van der Waals surface area contributed by atoms with E-state index in [0.29, 0.717) is 5.78 Å². The number of carbonyl (C=O) groups excluding carboxylic acids is 1. The number of rotatable bonds is 3. The summed E-state index contributed by atoms with van der Waals surface area (Å²) in [6.45, 7) is 8.06. The van der Waals surface area contributed by atoms with Gasteiger partial charge in [0.05, 0.1) is 0 Å². The van der Waals surface area contributed by atoms with E-state index in [1.807, 2.05) is 0 Å². The van der Waals surface area contributed by atoms with Crippen LogP contribution in [0.15, 0.2) is 0 Å². The Labute approximate surface area is 86.7 Å². The maximum Gasteiger partial charge on any atom is 0.136 e. The molecule has 14 heavy (non-hydrogen) atoms. The molecule has 1 aliphatic heterocycles. The lowest BCUT2D eigenvalue weighted by Gasteiger charge is -2.33. The number of hydrogen-bond acceptors (Lipinski definition) is 2. The number of likely N-dealkylation sites (tertiary alicyclic amines) is 1. The molecule has 2 bridgehead atoms. The van der Waals surface area contributed by atoms with E-state index in [2.05, 4.69) is 18.7 Å². The van der Waals surface area contributed by atoms with Gasteiger partial charge in [0, 0.05) is 24.5 Å². The molecule has 2 unspecified atom stereocenters. The van der Waals surface area contributed by atoms with Crippen molar-refractivity contribution in [1.29, 1.82) is 0 Å². The van der Waals surface area contributed by atoms with Crippen molar-refractivity contribution in [3.63, 3.8) is 0 Å². The molecule has 80 valence electrons. The van der Waals surface area contributed by atoms with Crippen LogP contribution in [0.2, 0.25) is 0 Å². The summed E-state index contributed by atoms with van der Waals surface area (Å²) in [5.41, 5.74) is -0.148. The molecule has 2 aliphatic rings. The highest BCUT2D eigenvalue weighted by Crippen LogP contribution is 2.38. The fourth-order valence-corrected chi connectivity index (χ4v) is 2.84. The molecule has 1 saturated heterocycles. The molecule has 2 heteroatoms. The molecule has 0 aromatic carbocycles. The molecular weight excluding hydrogens is 174 g/mol. The first-order valence-corrected chi connectivity index (χ1v) is 5.74. The average Bonchev–Trinajstić information content (AvgIpc) is 2.63. The third-order valence-electron chi connectivity index (χ3n) is 4.07. The molecule has 2 atom stereocenters. The van der Waals surface area contributed by atoms with Gasteiger partial charge in [-0.05, 0) is 32.1 Å². The van der Waals surface area contributed by atoms with Crippen LogP contribution < -0.4 is 0 Å². The summed E-state index contributed by atoms with van der Waals surface area (Å²) in [6, 6.07) is 0.790. The van der Waals surface area contributed by atoms with Crippen molar-refractivity contribution in [3.05, 3.63) is 0 Å². The van der Waals surface area contributed by atoms with Crippen LogP contribution in [0.3, 0.4) is 0 Å². The summed E-state index contributed by atoms with van der Waals surface area (Å²) in [5.74, 6) is 1.25. The lowest BCUT2D eigenvalue weighted by Crippen LogP contribution is -2.42. The minimum Gasteiger partial charge on any atom is -0.299 e. The molecule has 1 saturated carbocycles. The summed E-state index contributed by atoms with van der Waals surface area (Å²) >= 11 is 0. The molecule has 1 aliphatic carbocycles.